The molecule has 0 aliphatic heterocycles. The highest BCUT2D eigenvalue weighted by Crippen LogP contribution is 2.28. The quantitative estimate of drug-likeness (QED) is 0.920. The van der Waals surface area contributed by atoms with E-state index < -0.39 is 16.8 Å². The minimum Gasteiger partial charge on any atom is -0.253 e. The van der Waals surface area contributed by atoms with Crippen LogP contribution < -0.4 is 4.72 Å². The summed E-state index contributed by atoms with van der Waals surface area (Å²) in [5.74, 6) is -0.455. The van der Waals surface area contributed by atoms with Gasteiger partial charge in [0.2, 0.25) is 0 Å². The van der Waals surface area contributed by atoms with Gasteiger partial charge >= 0.3 is 0 Å². The van der Waals surface area contributed by atoms with E-state index in [1.807, 2.05) is 27.7 Å². The molecular weight excluding hydrogens is 311 g/mol. The number of halogens is 2. The van der Waals surface area contributed by atoms with Crippen LogP contribution in [0.5, 0.6) is 0 Å². The Hall–Kier alpha value is -1.04. The highest BCUT2D eigenvalue weighted by molar-refractivity contribution is 7.84. The molecule has 0 aliphatic carbocycles. The van der Waals surface area contributed by atoms with Gasteiger partial charge in [-0.2, -0.15) is 0 Å². The van der Waals surface area contributed by atoms with Crippen LogP contribution >= 0.6 is 11.6 Å². The molecule has 1 unspecified atom stereocenters. The molecule has 0 aliphatic rings. The van der Waals surface area contributed by atoms with E-state index in [0.717, 1.165) is 5.56 Å². The third-order valence-corrected chi connectivity index (χ3v) is 5.00. The number of nitrogens with one attached hydrogen (secondary N) is 1. The van der Waals surface area contributed by atoms with Gasteiger partial charge in [0.15, 0.2) is 5.82 Å². The Kier molecular flexibility index (Phi) is 4.66. The molecule has 0 fully saturated rings. The second kappa shape index (κ2) is 5.99. The van der Waals surface area contributed by atoms with Gasteiger partial charge in [0.1, 0.15) is 5.52 Å². The first-order valence-corrected chi connectivity index (χ1v) is 8.14. The minimum atomic E-state index is -1.22. The first kappa shape index (κ1) is 16.3. The van der Waals surface area contributed by atoms with Crippen molar-refractivity contribution in [3.8, 4) is 0 Å². The predicted molar refractivity (Wildman–Crippen MR) is 86.2 cm³/mol. The lowest BCUT2D eigenvalue weighted by Crippen LogP contribution is -2.34. The monoisotopic (exact) mass is 328 g/mol. The Balaban J connectivity index is 2.45. The van der Waals surface area contributed by atoms with E-state index in [1.165, 1.54) is 6.07 Å². The number of hydrogen-bond acceptors (Lipinski definition) is 2. The van der Waals surface area contributed by atoms with E-state index >= 15 is 0 Å². The van der Waals surface area contributed by atoms with Crippen molar-refractivity contribution in [1.29, 1.82) is 0 Å². The fourth-order valence-electron chi connectivity index (χ4n) is 1.98. The number of hydrogen-bond donors (Lipinski definition) is 1. The molecule has 0 spiro atoms. The van der Waals surface area contributed by atoms with Crippen LogP contribution in [0.1, 0.15) is 39.3 Å². The van der Waals surface area contributed by atoms with E-state index in [9.17, 15) is 8.60 Å². The second-order valence-electron chi connectivity index (χ2n) is 5.90. The van der Waals surface area contributed by atoms with Crippen molar-refractivity contribution in [3.05, 3.63) is 40.8 Å². The molecule has 6 heteroatoms. The number of pyridine rings is 1. The van der Waals surface area contributed by atoms with Gasteiger partial charge in [-0.1, -0.05) is 11.6 Å². The molecule has 1 N–H and O–H groups in total. The Labute approximate surface area is 131 Å². The number of aromatic nitrogens is 1. The smallest absolute Gasteiger partial charge is 0.150 e. The van der Waals surface area contributed by atoms with E-state index in [-0.39, 0.29) is 16.3 Å². The fourth-order valence-corrected chi connectivity index (χ4v) is 2.98. The van der Waals surface area contributed by atoms with E-state index in [4.69, 9.17) is 11.6 Å². The van der Waals surface area contributed by atoms with Crippen LogP contribution in [0.3, 0.4) is 0 Å². The molecular formula is C15H18ClFN2OS. The summed E-state index contributed by atoms with van der Waals surface area (Å²) in [6.45, 7) is 7.56. The predicted octanol–water partition coefficient (Wildman–Crippen LogP) is 4.14. The van der Waals surface area contributed by atoms with E-state index in [0.29, 0.717) is 10.4 Å². The molecule has 2 aromatic rings. The fraction of sp³-hybridized carbons (Fsp3) is 0.400. The zero-order valence-electron chi connectivity index (χ0n) is 12.4. The maximum atomic E-state index is 13.9. The molecule has 0 amide bonds. The average Bonchev–Trinajstić information content (AvgIpc) is 2.36. The molecule has 0 radical (unpaired) electrons. The summed E-state index contributed by atoms with van der Waals surface area (Å²) in [5, 5.41) is 0.951. The Morgan fingerprint density at radius 1 is 1.38 bits per heavy atom. The Morgan fingerprint density at radius 2 is 2.05 bits per heavy atom. The molecule has 21 heavy (non-hydrogen) atoms. The summed E-state index contributed by atoms with van der Waals surface area (Å²) < 4.78 is 28.8. The lowest BCUT2D eigenvalue weighted by molar-refractivity contribution is 0.616. The molecule has 1 aromatic carbocycles. The standard InChI is InChI=1S/C15H18ClFN2OS/c1-9(19-21(20)15(2,3)4)11-5-6-18-14-12(11)7-10(16)8-13(14)17/h5-9,19H,1-4H3/t9?,21-/m0/s1. The van der Waals surface area contributed by atoms with Crippen LogP contribution in [-0.4, -0.2) is 13.9 Å². The molecule has 3 nitrogen and oxygen atoms in total. The van der Waals surface area contributed by atoms with Crippen LogP contribution in [0.25, 0.3) is 10.9 Å². The zero-order valence-corrected chi connectivity index (χ0v) is 14.0. The van der Waals surface area contributed by atoms with Gasteiger partial charge in [-0.15, -0.1) is 0 Å². The number of rotatable bonds is 3. The first-order valence-electron chi connectivity index (χ1n) is 6.62. The lowest BCUT2D eigenvalue weighted by atomic mass is 10.0. The summed E-state index contributed by atoms with van der Waals surface area (Å²) in [5.41, 5.74) is 1.09. The third-order valence-electron chi connectivity index (χ3n) is 3.10. The van der Waals surface area contributed by atoms with Gasteiger partial charge in [-0.3, -0.25) is 4.98 Å². The summed E-state index contributed by atoms with van der Waals surface area (Å²) in [6, 6.07) is 4.50. The Bertz CT molecular complexity index is 700. The van der Waals surface area contributed by atoms with Crippen LogP contribution in [0.2, 0.25) is 5.02 Å². The van der Waals surface area contributed by atoms with Crippen LogP contribution in [0.15, 0.2) is 24.4 Å². The molecule has 2 rings (SSSR count). The van der Waals surface area contributed by atoms with Gasteiger partial charge in [0, 0.05) is 22.6 Å². The highest BCUT2D eigenvalue weighted by atomic mass is 35.5. The van der Waals surface area contributed by atoms with E-state index in [2.05, 4.69) is 9.71 Å². The average molecular weight is 329 g/mol. The zero-order chi connectivity index (χ0) is 15.8. The summed E-state index contributed by atoms with van der Waals surface area (Å²) in [4.78, 5) is 4.06. The number of benzene rings is 1. The third kappa shape index (κ3) is 3.59. The molecule has 2 atom stereocenters. The molecule has 114 valence electrons. The van der Waals surface area contributed by atoms with Crippen LogP contribution in [-0.2, 0) is 11.0 Å². The van der Waals surface area contributed by atoms with Gasteiger partial charge in [0.25, 0.3) is 0 Å². The SMILES string of the molecule is CC(N[S@@](=O)C(C)(C)C)c1ccnc2c(F)cc(Cl)cc12. The second-order valence-corrected chi connectivity index (χ2v) is 8.34. The first-order chi connectivity index (χ1) is 9.70. The molecule has 0 bridgehead atoms. The van der Waals surface area contributed by atoms with Crippen molar-refractivity contribution in [1.82, 2.24) is 9.71 Å². The van der Waals surface area contributed by atoms with Crippen molar-refractivity contribution >= 4 is 33.5 Å². The van der Waals surface area contributed by atoms with Crippen molar-refractivity contribution in [2.75, 3.05) is 0 Å². The topological polar surface area (TPSA) is 42.0 Å². The summed E-state index contributed by atoms with van der Waals surface area (Å²) in [6.07, 6.45) is 1.55. The van der Waals surface area contributed by atoms with Gasteiger partial charge < -0.3 is 0 Å². The normalized spacial score (nSPS) is 15.1. The number of nitrogens with zero attached hydrogens (tertiary/aromatic N) is 1. The van der Waals surface area contributed by atoms with Crippen molar-refractivity contribution in [2.24, 2.45) is 0 Å². The van der Waals surface area contributed by atoms with Crippen molar-refractivity contribution < 1.29 is 8.60 Å². The molecule has 1 heterocycles. The van der Waals surface area contributed by atoms with Crippen molar-refractivity contribution in [3.63, 3.8) is 0 Å². The lowest BCUT2D eigenvalue weighted by Gasteiger charge is -2.23. The molecule has 1 aromatic heterocycles. The van der Waals surface area contributed by atoms with Crippen LogP contribution in [0.4, 0.5) is 4.39 Å². The minimum absolute atomic E-state index is 0.214. The maximum Gasteiger partial charge on any atom is 0.150 e. The molecule has 0 saturated heterocycles. The van der Waals surface area contributed by atoms with Gasteiger partial charge in [-0.05, 0) is 51.5 Å². The van der Waals surface area contributed by atoms with Crippen molar-refractivity contribution in [2.45, 2.75) is 38.5 Å². The largest absolute Gasteiger partial charge is 0.253 e. The summed E-state index contributed by atoms with van der Waals surface area (Å²) >= 11 is 5.93. The van der Waals surface area contributed by atoms with Crippen LogP contribution in [0, 0.1) is 5.82 Å². The van der Waals surface area contributed by atoms with Gasteiger partial charge in [0.05, 0.1) is 15.7 Å². The van der Waals surface area contributed by atoms with E-state index in [1.54, 1.807) is 18.3 Å². The Morgan fingerprint density at radius 3 is 2.67 bits per heavy atom. The number of fused-ring (bicyclic) bond motifs is 1. The maximum absolute atomic E-state index is 13.9. The summed E-state index contributed by atoms with van der Waals surface area (Å²) in [7, 11) is -1.22. The molecule has 0 saturated carbocycles. The van der Waals surface area contributed by atoms with Gasteiger partial charge in [-0.25, -0.2) is 13.3 Å². The highest BCUT2D eigenvalue weighted by Gasteiger charge is 2.22.